The van der Waals surface area contributed by atoms with Crippen LogP contribution in [-0.2, 0) is 6.18 Å². The first-order chi connectivity index (χ1) is 9.16. The minimum Gasteiger partial charge on any atom is -0.390 e. The minimum absolute atomic E-state index is 0.00208. The molecule has 1 aromatic carbocycles. The Bertz CT molecular complexity index is 670. The molecule has 0 bridgehead atoms. The Morgan fingerprint density at radius 2 is 2.05 bits per heavy atom. The zero-order valence-corrected chi connectivity index (χ0v) is 12.1. The van der Waals surface area contributed by atoms with Crippen LogP contribution in [0.2, 0.25) is 0 Å². The summed E-state index contributed by atoms with van der Waals surface area (Å²) in [5.74, 6) is 0.493. The van der Waals surface area contributed by atoms with Crippen LogP contribution < -0.4 is 0 Å². The van der Waals surface area contributed by atoms with Gasteiger partial charge in [-0.05, 0) is 31.9 Å². The van der Waals surface area contributed by atoms with E-state index in [2.05, 4.69) is 25.9 Å². The highest BCUT2D eigenvalue weighted by atomic mass is 79.9. The summed E-state index contributed by atoms with van der Waals surface area (Å²) in [6.07, 6.45) is -3.42. The van der Waals surface area contributed by atoms with Crippen LogP contribution in [0.25, 0.3) is 11.0 Å². The fraction of sp³-hybridized carbons (Fsp3) is 0.462. The highest BCUT2D eigenvalue weighted by molar-refractivity contribution is 9.10. The topological polar surface area (TPSA) is 48.9 Å². The Kier molecular flexibility index (Phi) is 2.92. The summed E-state index contributed by atoms with van der Waals surface area (Å²) in [6, 6.07) is 2.60. The van der Waals surface area contributed by atoms with Gasteiger partial charge in [-0.3, -0.25) is 0 Å². The Hall–Kier alpha value is -1.08. The molecule has 3 rings (SSSR count). The molecule has 7 heteroatoms. The van der Waals surface area contributed by atoms with Crippen LogP contribution in [0.3, 0.4) is 0 Å². The van der Waals surface area contributed by atoms with E-state index in [0.717, 1.165) is 6.07 Å². The number of imidazole rings is 1. The molecule has 0 amide bonds. The van der Waals surface area contributed by atoms with Gasteiger partial charge in [0.05, 0.1) is 22.2 Å². The molecule has 20 heavy (non-hydrogen) atoms. The standard InChI is InChI=1S/C13H12BrF3N2O/c1-12(20)4-6(5-12)11-18-9-3-7(14)2-8(10(9)19-11)13(15,16)17/h2-3,6,20H,4-5H2,1H3,(H,18,19)/t6-,12+. The molecule has 0 unspecified atom stereocenters. The number of hydrogen-bond donors (Lipinski definition) is 2. The predicted octanol–water partition coefficient (Wildman–Crippen LogP) is 3.97. The SMILES string of the molecule is C[C@]1(O)C[C@@H](c2nc3cc(Br)cc(C(F)(F)F)c3[nH]2)C1. The van der Waals surface area contributed by atoms with Gasteiger partial charge in [-0.15, -0.1) is 0 Å². The molecule has 0 radical (unpaired) electrons. The Morgan fingerprint density at radius 1 is 1.40 bits per heavy atom. The highest BCUT2D eigenvalue weighted by Crippen LogP contribution is 2.44. The molecular formula is C13H12BrF3N2O. The Morgan fingerprint density at radius 3 is 2.60 bits per heavy atom. The van der Waals surface area contributed by atoms with Gasteiger partial charge in [0.2, 0.25) is 0 Å². The van der Waals surface area contributed by atoms with Crippen molar-refractivity contribution in [2.45, 2.75) is 37.5 Å². The van der Waals surface area contributed by atoms with Gasteiger partial charge >= 0.3 is 6.18 Å². The fourth-order valence-electron chi connectivity index (χ4n) is 2.71. The third-order valence-electron chi connectivity index (χ3n) is 3.64. The molecular weight excluding hydrogens is 337 g/mol. The molecule has 2 N–H and O–H groups in total. The van der Waals surface area contributed by atoms with Crippen LogP contribution in [-0.4, -0.2) is 20.7 Å². The van der Waals surface area contributed by atoms with Gasteiger partial charge < -0.3 is 10.1 Å². The molecule has 1 saturated carbocycles. The summed E-state index contributed by atoms with van der Waals surface area (Å²) >= 11 is 3.08. The maximum absolute atomic E-state index is 13.0. The van der Waals surface area contributed by atoms with Crippen LogP contribution in [0.4, 0.5) is 13.2 Å². The van der Waals surface area contributed by atoms with E-state index in [1.54, 1.807) is 13.0 Å². The van der Waals surface area contributed by atoms with Crippen LogP contribution in [0.5, 0.6) is 0 Å². The van der Waals surface area contributed by atoms with E-state index in [4.69, 9.17) is 0 Å². The molecule has 1 aliphatic carbocycles. The molecule has 2 aromatic rings. The molecule has 1 heterocycles. The molecule has 1 aromatic heterocycles. The first-order valence-corrected chi connectivity index (χ1v) is 6.94. The quantitative estimate of drug-likeness (QED) is 0.819. The summed E-state index contributed by atoms with van der Waals surface area (Å²) in [4.78, 5) is 7.01. The van der Waals surface area contributed by atoms with Crippen molar-refractivity contribution in [3.8, 4) is 0 Å². The zero-order chi connectivity index (χ0) is 14.7. The van der Waals surface area contributed by atoms with Gasteiger partial charge in [-0.2, -0.15) is 13.2 Å². The average molecular weight is 349 g/mol. The Balaban J connectivity index is 2.07. The van der Waals surface area contributed by atoms with Gasteiger partial charge in [0.1, 0.15) is 5.82 Å². The number of aliphatic hydroxyl groups is 1. The number of aromatic nitrogens is 2. The average Bonchev–Trinajstić information content (AvgIpc) is 2.66. The number of alkyl halides is 3. The number of hydrogen-bond acceptors (Lipinski definition) is 2. The van der Waals surface area contributed by atoms with E-state index >= 15 is 0 Å². The van der Waals surface area contributed by atoms with Crippen LogP contribution in [0.15, 0.2) is 16.6 Å². The van der Waals surface area contributed by atoms with E-state index in [0.29, 0.717) is 23.1 Å². The van der Waals surface area contributed by atoms with E-state index in [-0.39, 0.29) is 17.0 Å². The van der Waals surface area contributed by atoms with Crippen molar-refractivity contribution in [3.63, 3.8) is 0 Å². The summed E-state index contributed by atoms with van der Waals surface area (Å²) in [7, 11) is 0. The smallest absolute Gasteiger partial charge is 0.390 e. The molecule has 1 aliphatic rings. The number of nitrogens with zero attached hydrogens (tertiary/aromatic N) is 1. The van der Waals surface area contributed by atoms with E-state index in [1.165, 1.54) is 0 Å². The van der Waals surface area contributed by atoms with Crippen LogP contribution in [0.1, 0.15) is 37.1 Å². The second-order valence-corrected chi connectivity index (χ2v) is 6.49. The molecule has 1 fully saturated rings. The maximum Gasteiger partial charge on any atom is 0.418 e. The van der Waals surface area contributed by atoms with E-state index in [9.17, 15) is 18.3 Å². The summed E-state index contributed by atoms with van der Waals surface area (Å²) in [5.41, 5.74) is -1.18. The lowest BCUT2D eigenvalue weighted by Gasteiger charge is -2.39. The van der Waals surface area contributed by atoms with Crippen molar-refractivity contribution in [3.05, 3.63) is 28.0 Å². The number of fused-ring (bicyclic) bond motifs is 1. The van der Waals surface area contributed by atoms with Gasteiger partial charge in [0, 0.05) is 10.4 Å². The molecule has 3 nitrogen and oxygen atoms in total. The van der Waals surface area contributed by atoms with Crippen LogP contribution in [0, 0.1) is 0 Å². The molecule has 0 atom stereocenters. The monoisotopic (exact) mass is 348 g/mol. The lowest BCUT2D eigenvalue weighted by atomic mass is 9.72. The maximum atomic E-state index is 13.0. The molecule has 0 spiro atoms. The fourth-order valence-corrected chi connectivity index (χ4v) is 3.16. The number of benzene rings is 1. The second-order valence-electron chi connectivity index (χ2n) is 5.57. The third kappa shape index (κ3) is 2.33. The lowest BCUT2D eigenvalue weighted by Crippen LogP contribution is -2.39. The number of halogens is 4. The number of aromatic amines is 1. The van der Waals surface area contributed by atoms with Gasteiger partial charge in [-0.25, -0.2) is 4.98 Å². The highest BCUT2D eigenvalue weighted by Gasteiger charge is 2.41. The molecule has 108 valence electrons. The number of H-pyrrole nitrogens is 1. The minimum atomic E-state index is -4.43. The Labute approximate surface area is 121 Å². The van der Waals surface area contributed by atoms with Crippen molar-refractivity contribution in [1.82, 2.24) is 9.97 Å². The summed E-state index contributed by atoms with van der Waals surface area (Å²) in [6.45, 7) is 1.71. The van der Waals surface area contributed by atoms with Crippen molar-refractivity contribution in [1.29, 1.82) is 0 Å². The summed E-state index contributed by atoms with van der Waals surface area (Å²) in [5, 5.41) is 9.72. The van der Waals surface area contributed by atoms with Gasteiger partial charge in [0.25, 0.3) is 0 Å². The number of nitrogens with one attached hydrogen (secondary N) is 1. The first kappa shape index (κ1) is 13.9. The van der Waals surface area contributed by atoms with Gasteiger partial charge in [0.15, 0.2) is 0 Å². The van der Waals surface area contributed by atoms with E-state index in [1.807, 2.05) is 0 Å². The van der Waals surface area contributed by atoms with Crippen LogP contribution >= 0.6 is 15.9 Å². The normalized spacial score (nSPS) is 26.8. The van der Waals surface area contributed by atoms with E-state index < -0.39 is 17.3 Å². The second kappa shape index (κ2) is 4.21. The van der Waals surface area contributed by atoms with Crippen molar-refractivity contribution in [2.75, 3.05) is 0 Å². The number of rotatable bonds is 1. The first-order valence-electron chi connectivity index (χ1n) is 6.14. The van der Waals surface area contributed by atoms with Crippen molar-refractivity contribution < 1.29 is 18.3 Å². The molecule has 0 aliphatic heterocycles. The van der Waals surface area contributed by atoms with Crippen molar-refractivity contribution >= 4 is 27.0 Å². The van der Waals surface area contributed by atoms with Crippen molar-refractivity contribution in [2.24, 2.45) is 0 Å². The largest absolute Gasteiger partial charge is 0.418 e. The zero-order valence-electron chi connectivity index (χ0n) is 10.6. The predicted molar refractivity (Wildman–Crippen MR) is 71.4 cm³/mol. The van der Waals surface area contributed by atoms with Gasteiger partial charge in [-0.1, -0.05) is 15.9 Å². The third-order valence-corrected chi connectivity index (χ3v) is 4.10. The lowest BCUT2D eigenvalue weighted by molar-refractivity contribution is -0.136. The summed E-state index contributed by atoms with van der Waals surface area (Å²) < 4.78 is 39.4. The molecule has 0 saturated heterocycles.